The summed E-state index contributed by atoms with van der Waals surface area (Å²) < 4.78 is 58.3. The predicted molar refractivity (Wildman–Crippen MR) is 52.2 cm³/mol. The zero-order chi connectivity index (χ0) is 11.9. The van der Waals surface area contributed by atoms with Crippen LogP contribution in [0.1, 0.15) is 5.56 Å². The van der Waals surface area contributed by atoms with E-state index < -0.39 is 30.2 Å². The van der Waals surface area contributed by atoms with Crippen LogP contribution in [0.2, 0.25) is 0 Å². The van der Waals surface area contributed by atoms with E-state index in [0.717, 1.165) is 18.2 Å². The van der Waals surface area contributed by atoms with Crippen molar-refractivity contribution in [2.45, 2.75) is 11.1 Å². The van der Waals surface area contributed by atoms with Gasteiger partial charge < -0.3 is 0 Å². The molecule has 8 heteroatoms. The third-order valence-corrected chi connectivity index (χ3v) is 4.01. The van der Waals surface area contributed by atoms with Gasteiger partial charge in [-0.2, -0.15) is 13.2 Å². The minimum Gasteiger partial charge on any atom is -0.207 e. The molecule has 0 fully saturated rings. The van der Waals surface area contributed by atoms with Crippen LogP contribution in [0, 0.1) is 0 Å². The van der Waals surface area contributed by atoms with Gasteiger partial charge in [0.15, 0.2) is 0 Å². The zero-order valence-corrected chi connectivity index (χ0v) is 10.0. The van der Waals surface area contributed by atoms with E-state index in [9.17, 15) is 21.6 Å². The molecule has 1 aromatic rings. The number of benzene rings is 1. The summed E-state index contributed by atoms with van der Waals surface area (Å²) in [4.78, 5) is -0.598. The number of hydrogen-bond donors (Lipinski definition) is 0. The first-order valence-corrected chi connectivity index (χ1v) is 6.54. The van der Waals surface area contributed by atoms with Crippen LogP contribution >= 0.6 is 26.6 Å². The first-order chi connectivity index (χ1) is 6.64. The number of alkyl halides is 3. The molecule has 0 aliphatic heterocycles. The summed E-state index contributed by atoms with van der Waals surface area (Å²) in [5.74, 6) is 0. The molecule has 0 atom stereocenters. The molecule has 0 N–H and O–H groups in total. The number of rotatable bonds is 1. The van der Waals surface area contributed by atoms with E-state index in [1.165, 1.54) is 0 Å². The summed E-state index contributed by atoms with van der Waals surface area (Å²) in [6, 6.07) is 2.72. The Bertz CT molecular complexity index is 483. The van der Waals surface area contributed by atoms with Gasteiger partial charge in [-0.1, -0.05) is 6.07 Å². The molecule has 0 radical (unpaired) electrons. The maximum atomic E-state index is 12.3. The maximum absolute atomic E-state index is 12.3. The fraction of sp³-hybridized carbons (Fsp3) is 0.143. The Hall–Kier alpha value is -0.270. The zero-order valence-electron chi connectivity index (χ0n) is 6.85. The fourth-order valence-electron chi connectivity index (χ4n) is 0.918. The van der Waals surface area contributed by atoms with Gasteiger partial charge in [0.1, 0.15) is 0 Å². The highest BCUT2D eigenvalue weighted by Crippen LogP contribution is 2.38. The molecule has 84 valence electrons. The minimum absolute atomic E-state index is 0.576. The van der Waals surface area contributed by atoms with Gasteiger partial charge in [0.2, 0.25) is 0 Å². The Morgan fingerprint density at radius 3 is 2.20 bits per heavy atom. The van der Waals surface area contributed by atoms with Crippen molar-refractivity contribution in [3.05, 3.63) is 28.2 Å². The van der Waals surface area contributed by atoms with Gasteiger partial charge in [0, 0.05) is 15.2 Å². The second kappa shape index (κ2) is 3.95. The van der Waals surface area contributed by atoms with E-state index in [2.05, 4.69) is 15.9 Å². The highest BCUT2D eigenvalue weighted by atomic mass is 79.9. The Morgan fingerprint density at radius 2 is 1.80 bits per heavy atom. The predicted octanol–water partition coefficient (Wildman–Crippen LogP) is 3.40. The lowest BCUT2D eigenvalue weighted by Crippen LogP contribution is -2.08. The van der Waals surface area contributed by atoms with E-state index in [4.69, 9.17) is 10.7 Å². The quantitative estimate of drug-likeness (QED) is 0.742. The molecule has 0 aliphatic carbocycles. The van der Waals surface area contributed by atoms with Crippen LogP contribution in [0.5, 0.6) is 0 Å². The lowest BCUT2D eigenvalue weighted by Gasteiger charge is -2.10. The third-order valence-electron chi connectivity index (χ3n) is 1.53. The van der Waals surface area contributed by atoms with Crippen molar-refractivity contribution in [2.24, 2.45) is 0 Å². The van der Waals surface area contributed by atoms with Gasteiger partial charge in [-0.15, -0.1) is 0 Å². The van der Waals surface area contributed by atoms with Crippen LogP contribution in [-0.4, -0.2) is 8.42 Å². The summed E-state index contributed by atoms with van der Waals surface area (Å²) in [7, 11) is 0.770. The number of halogens is 5. The Balaban J connectivity index is 3.51. The van der Waals surface area contributed by atoms with E-state index in [0.29, 0.717) is 0 Å². The van der Waals surface area contributed by atoms with Crippen LogP contribution in [0.15, 0.2) is 27.6 Å². The van der Waals surface area contributed by atoms with E-state index in [1.54, 1.807) is 0 Å². The van der Waals surface area contributed by atoms with Gasteiger partial charge in [-0.3, -0.25) is 0 Å². The molecule has 15 heavy (non-hydrogen) atoms. The summed E-state index contributed by atoms with van der Waals surface area (Å²) in [5, 5.41) is 0. The van der Waals surface area contributed by atoms with Crippen molar-refractivity contribution in [1.29, 1.82) is 0 Å². The lowest BCUT2D eigenvalue weighted by molar-refractivity contribution is -0.138. The number of hydrogen-bond acceptors (Lipinski definition) is 2. The first-order valence-electron chi connectivity index (χ1n) is 3.44. The highest BCUT2D eigenvalue weighted by molar-refractivity contribution is 9.10. The third kappa shape index (κ3) is 2.85. The Morgan fingerprint density at radius 1 is 1.27 bits per heavy atom. The summed E-state index contributed by atoms with van der Waals surface area (Å²) in [6.45, 7) is 0. The molecule has 1 aromatic carbocycles. The molecule has 0 saturated carbocycles. The molecule has 0 aromatic heterocycles. The van der Waals surface area contributed by atoms with E-state index in [-0.39, 0.29) is 0 Å². The van der Waals surface area contributed by atoms with Gasteiger partial charge >= 0.3 is 6.18 Å². The fourth-order valence-corrected chi connectivity index (χ4v) is 3.28. The van der Waals surface area contributed by atoms with Crippen LogP contribution in [0.25, 0.3) is 0 Å². The second-order valence-corrected chi connectivity index (χ2v) is 5.88. The van der Waals surface area contributed by atoms with Crippen LogP contribution < -0.4 is 0 Å². The summed E-state index contributed by atoms with van der Waals surface area (Å²) in [5.41, 5.74) is -1.08. The molecule has 0 bridgehead atoms. The molecule has 0 heterocycles. The van der Waals surface area contributed by atoms with E-state index in [1.807, 2.05) is 0 Å². The highest BCUT2D eigenvalue weighted by Gasteiger charge is 2.35. The second-order valence-electron chi connectivity index (χ2n) is 2.55. The molecule has 0 unspecified atom stereocenters. The Labute approximate surface area is 96.6 Å². The molecule has 0 amide bonds. The maximum Gasteiger partial charge on any atom is 0.417 e. The largest absolute Gasteiger partial charge is 0.417 e. The Kier molecular flexibility index (Phi) is 3.37. The average Bonchev–Trinajstić information content (AvgIpc) is 1.99. The summed E-state index contributed by atoms with van der Waals surface area (Å²) >= 11 is 2.57. The minimum atomic E-state index is -4.63. The van der Waals surface area contributed by atoms with Gasteiger partial charge in [-0.05, 0) is 28.1 Å². The standard InChI is InChI=1S/C7H3BrClF3O2S/c8-6-4(7(10,11)12)2-1-3-5(6)15(9,13)14/h1-3H. The molecule has 0 saturated heterocycles. The van der Waals surface area contributed by atoms with Crippen LogP contribution in [-0.2, 0) is 15.2 Å². The van der Waals surface area contributed by atoms with Crippen LogP contribution in [0.4, 0.5) is 13.2 Å². The van der Waals surface area contributed by atoms with E-state index >= 15 is 0 Å². The summed E-state index contributed by atoms with van der Waals surface area (Å²) in [6.07, 6.45) is -4.63. The van der Waals surface area contributed by atoms with Crippen molar-refractivity contribution in [2.75, 3.05) is 0 Å². The molecular weight excluding hydrogens is 320 g/mol. The van der Waals surface area contributed by atoms with Crippen molar-refractivity contribution in [1.82, 2.24) is 0 Å². The molecule has 1 rings (SSSR count). The topological polar surface area (TPSA) is 34.1 Å². The molecular formula is C7H3BrClF3O2S. The average molecular weight is 324 g/mol. The normalized spacial score (nSPS) is 12.9. The van der Waals surface area contributed by atoms with Crippen molar-refractivity contribution < 1.29 is 21.6 Å². The molecule has 2 nitrogen and oxygen atoms in total. The smallest absolute Gasteiger partial charge is 0.207 e. The van der Waals surface area contributed by atoms with Crippen molar-refractivity contribution in [3.63, 3.8) is 0 Å². The molecule has 0 aliphatic rings. The van der Waals surface area contributed by atoms with Crippen LogP contribution in [0.3, 0.4) is 0 Å². The van der Waals surface area contributed by atoms with Crippen molar-refractivity contribution in [3.8, 4) is 0 Å². The van der Waals surface area contributed by atoms with Gasteiger partial charge in [-0.25, -0.2) is 8.42 Å². The first kappa shape index (κ1) is 12.8. The van der Waals surface area contributed by atoms with Gasteiger partial charge in [0.05, 0.1) is 10.5 Å². The SMILES string of the molecule is O=S(=O)(Cl)c1cccc(C(F)(F)F)c1Br. The molecule has 0 spiro atoms. The monoisotopic (exact) mass is 322 g/mol. The lowest BCUT2D eigenvalue weighted by atomic mass is 10.2. The van der Waals surface area contributed by atoms with Crippen molar-refractivity contribution >= 4 is 35.7 Å². The van der Waals surface area contributed by atoms with Gasteiger partial charge in [0.25, 0.3) is 9.05 Å².